The minimum atomic E-state index is -0.236. The van der Waals surface area contributed by atoms with Crippen LogP contribution in [0.2, 0.25) is 0 Å². The van der Waals surface area contributed by atoms with Crippen LogP contribution in [0.15, 0.2) is 118 Å². The second-order valence-corrected chi connectivity index (χ2v) is 15.1. The van der Waals surface area contributed by atoms with Gasteiger partial charge in [0, 0.05) is 19.8 Å². The predicted octanol–water partition coefficient (Wildman–Crippen LogP) is 12.1. The highest BCUT2D eigenvalue weighted by molar-refractivity contribution is 9.10. The van der Waals surface area contributed by atoms with Gasteiger partial charge in [0.1, 0.15) is 0 Å². The van der Waals surface area contributed by atoms with Gasteiger partial charge in [-0.15, -0.1) is 0 Å². The first kappa shape index (κ1) is 24.4. The lowest BCUT2D eigenvalue weighted by molar-refractivity contribution is 0.715. The first-order chi connectivity index (χ1) is 21.4. The number of hydrogen-bond acceptors (Lipinski definition) is 0. The molecule has 7 aromatic rings. The van der Waals surface area contributed by atoms with Gasteiger partial charge in [-0.25, -0.2) is 0 Å². The Morgan fingerprint density at radius 1 is 0.409 bits per heavy atom. The smallest absolute Gasteiger partial charge is 0.0448 e. The SMILES string of the molecule is CC12c3cc(Br)ccc3-c3ccc4c5c6c7c(ccc6c(c4c31)-c1ccccc12)-c1ccc(Br)cc1C7(C)c1ccccc1-5. The van der Waals surface area contributed by atoms with E-state index >= 15 is 0 Å². The van der Waals surface area contributed by atoms with Crippen molar-refractivity contribution < 1.29 is 0 Å². The molecular weight excluding hydrogens is 664 g/mol. The van der Waals surface area contributed by atoms with Gasteiger partial charge in [0.25, 0.3) is 0 Å². The van der Waals surface area contributed by atoms with Gasteiger partial charge in [-0.3, -0.25) is 0 Å². The highest BCUT2D eigenvalue weighted by Gasteiger charge is 2.50. The summed E-state index contributed by atoms with van der Waals surface area (Å²) in [5.41, 5.74) is 19.0. The van der Waals surface area contributed by atoms with E-state index in [-0.39, 0.29) is 10.8 Å². The van der Waals surface area contributed by atoms with Crippen molar-refractivity contribution >= 4 is 53.4 Å². The number of fused-ring (bicyclic) bond motifs is 14. The quantitative estimate of drug-likeness (QED) is 0.139. The molecule has 11 rings (SSSR count). The molecule has 2 unspecified atom stereocenters. The Balaban J connectivity index is 1.43. The molecule has 0 nitrogen and oxygen atoms in total. The van der Waals surface area contributed by atoms with Gasteiger partial charge in [0.05, 0.1) is 0 Å². The number of hydrogen-bond donors (Lipinski definition) is 0. The molecule has 4 aliphatic carbocycles. The molecule has 2 heteroatoms. The van der Waals surface area contributed by atoms with E-state index in [0.717, 1.165) is 8.95 Å². The molecule has 4 aliphatic rings. The van der Waals surface area contributed by atoms with Crippen LogP contribution in [0.4, 0.5) is 0 Å². The van der Waals surface area contributed by atoms with Gasteiger partial charge in [0.2, 0.25) is 0 Å². The summed E-state index contributed by atoms with van der Waals surface area (Å²) in [5, 5.41) is 5.60. The summed E-state index contributed by atoms with van der Waals surface area (Å²) in [6.07, 6.45) is 0. The molecule has 0 heterocycles. The fourth-order valence-electron chi connectivity index (χ4n) is 9.89. The van der Waals surface area contributed by atoms with Crippen LogP contribution in [0.25, 0.3) is 66.1 Å². The van der Waals surface area contributed by atoms with E-state index in [0.29, 0.717) is 0 Å². The molecule has 7 aromatic carbocycles. The minimum Gasteiger partial charge on any atom is -0.0619 e. The van der Waals surface area contributed by atoms with E-state index in [1.165, 1.54) is 99.4 Å². The summed E-state index contributed by atoms with van der Waals surface area (Å²) in [7, 11) is 0. The molecule has 0 aromatic heterocycles. The molecular formula is C42H24Br2. The van der Waals surface area contributed by atoms with Crippen LogP contribution in [0, 0.1) is 0 Å². The van der Waals surface area contributed by atoms with E-state index in [4.69, 9.17) is 0 Å². The fourth-order valence-corrected chi connectivity index (χ4v) is 10.6. The summed E-state index contributed by atoms with van der Waals surface area (Å²) >= 11 is 7.64. The third-order valence-corrected chi connectivity index (χ3v) is 12.5. The Bertz CT molecular complexity index is 2380. The summed E-state index contributed by atoms with van der Waals surface area (Å²) < 4.78 is 2.27. The highest BCUT2D eigenvalue weighted by atomic mass is 79.9. The molecule has 206 valence electrons. The van der Waals surface area contributed by atoms with E-state index in [2.05, 4.69) is 155 Å². The van der Waals surface area contributed by atoms with Crippen LogP contribution in [0.3, 0.4) is 0 Å². The summed E-state index contributed by atoms with van der Waals surface area (Å²) in [6, 6.07) is 41.9. The minimum absolute atomic E-state index is 0.236. The van der Waals surface area contributed by atoms with Crippen LogP contribution < -0.4 is 0 Å². The van der Waals surface area contributed by atoms with Crippen LogP contribution in [-0.2, 0) is 10.8 Å². The fraction of sp³-hybridized carbons (Fsp3) is 0.0952. The largest absolute Gasteiger partial charge is 0.0619 e. The molecule has 0 aliphatic heterocycles. The second-order valence-electron chi connectivity index (χ2n) is 13.3. The Morgan fingerprint density at radius 3 is 1.27 bits per heavy atom. The molecule has 0 spiro atoms. The molecule has 44 heavy (non-hydrogen) atoms. The summed E-state index contributed by atoms with van der Waals surface area (Å²) in [4.78, 5) is 0. The lowest BCUT2D eigenvalue weighted by atomic mass is 9.62. The van der Waals surface area contributed by atoms with Gasteiger partial charge in [-0.2, -0.15) is 0 Å². The molecule has 0 N–H and O–H groups in total. The first-order valence-corrected chi connectivity index (χ1v) is 16.9. The molecule has 0 amide bonds. The van der Waals surface area contributed by atoms with Crippen molar-refractivity contribution in [3.8, 4) is 44.5 Å². The first-order valence-electron chi connectivity index (χ1n) is 15.3. The Morgan fingerprint density at radius 2 is 0.818 bits per heavy atom. The number of halogens is 2. The van der Waals surface area contributed by atoms with Crippen molar-refractivity contribution in [3.05, 3.63) is 152 Å². The van der Waals surface area contributed by atoms with E-state index in [9.17, 15) is 0 Å². The average molecular weight is 688 g/mol. The second kappa shape index (κ2) is 7.62. The van der Waals surface area contributed by atoms with Crippen molar-refractivity contribution in [1.29, 1.82) is 0 Å². The lowest BCUT2D eigenvalue weighted by Crippen LogP contribution is -2.28. The number of rotatable bonds is 0. The Kier molecular flexibility index (Phi) is 4.22. The van der Waals surface area contributed by atoms with Gasteiger partial charge in [-0.1, -0.05) is 117 Å². The zero-order valence-corrected chi connectivity index (χ0v) is 27.3. The molecule has 0 fully saturated rings. The van der Waals surface area contributed by atoms with Crippen molar-refractivity contribution in [3.63, 3.8) is 0 Å². The molecule has 0 saturated heterocycles. The molecule has 0 saturated carbocycles. The molecule has 0 bridgehead atoms. The van der Waals surface area contributed by atoms with Crippen LogP contribution in [0.5, 0.6) is 0 Å². The third kappa shape index (κ3) is 2.44. The van der Waals surface area contributed by atoms with E-state index in [1.807, 2.05) is 0 Å². The lowest BCUT2D eigenvalue weighted by Gasteiger charge is -2.40. The summed E-state index contributed by atoms with van der Waals surface area (Å²) in [6.45, 7) is 4.92. The summed E-state index contributed by atoms with van der Waals surface area (Å²) in [5.74, 6) is 0. The maximum Gasteiger partial charge on any atom is 0.0448 e. The van der Waals surface area contributed by atoms with E-state index < -0.39 is 0 Å². The highest BCUT2D eigenvalue weighted by Crippen LogP contribution is 2.66. The standard InChI is InChI=1S/C42H24Br2/c1-41-31-9-5-3-7-27(31)35-30-18-16-26-24-14-12-22(44)20-34(24)42(2)32-10-6-4-8-28(32)36(38(30)40(26)42)29-17-15-25(39(41)37(29)35)23-13-11-21(43)19-33(23)41/h3-20H,1-2H3. The predicted molar refractivity (Wildman–Crippen MR) is 190 cm³/mol. The van der Waals surface area contributed by atoms with Crippen molar-refractivity contribution in [2.75, 3.05) is 0 Å². The monoisotopic (exact) mass is 686 g/mol. The van der Waals surface area contributed by atoms with E-state index in [1.54, 1.807) is 0 Å². The number of benzene rings is 7. The average Bonchev–Trinajstić information content (AvgIpc) is 3.46. The van der Waals surface area contributed by atoms with Gasteiger partial charge >= 0.3 is 0 Å². The zero-order chi connectivity index (χ0) is 29.3. The van der Waals surface area contributed by atoms with Crippen LogP contribution in [0.1, 0.15) is 47.2 Å². The van der Waals surface area contributed by atoms with Crippen molar-refractivity contribution in [2.45, 2.75) is 24.7 Å². The van der Waals surface area contributed by atoms with Crippen LogP contribution >= 0.6 is 31.9 Å². The zero-order valence-electron chi connectivity index (χ0n) is 24.1. The maximum absolute atomic E-state index is 3.82. The topological polar surface area (TPSA) is 0 Å². The van der Waals surface area contributed by atoms with Gasteiger partial charge in [0.15, 0.2) is 0 Å². The Hall–Kier alpha value is -3.98. The Labute approximate surface area is 272 Å². The van der Waals surface area contributed by atoms with Crippen molar-refractivity contribution in [1.82, 2.24) is 0 Å². The van der Waals surface area contributed by atoms with Gasteiger partial charge < -0.3 is 0 Å². The van der Waals surface area contributed by atoms with Crippen LogP contribution in [-0.4, -0.2) is 0 Å². The normalized spacial score (nSPS) is 20.5. The molecule has 2 atom stereocenters. The van der Waals surface area contributed by atoms with Crippen molar-refractivity contribution in [2.24, 2.45) is 0 Å². The van der Waals surface area contributed by atoms with Gasteiger partial charge in [-0.05, 0) is 138 Å². The maximum atomic E-state index is 3.82. The third-order valence-electron chi connectivity index (χ3n) is 11.5. The molecule has 0 radical (unpaired) electrons.